The number of halogens is 2. The highest BCUT2D eigenvalue weighted by Gasteiger charge is 2.19. The van der Waals surface area contributed by atoms with E-state index in [0.717, 1.165) is 0 Å². The average molecular weight is 345 g/mol. The van der Waals surface area contributed by atoms with Gasteiger partial charge in [0.2, 0.25) is 5.28 Å². The first-order chi connectivity index (χ1) is 11.7. The smallest absolute Gasteiger partial charge is 0.224 e. The summed E-state index contributed by atoms with van der Waals surface area (Å²) in [6, 6.07) is 6.74. The number of benzene rings is 1. The average Bonchev–Trinajstić information content (AvgIpc) is 2.62. The Labute approximate surface area is 143 Å². The van der Waals surface area contributed by atoms with E-state index in [1.165, 1.54) is 6.07 Å². The molecule has 24 heavy (non-hydrogen) atoms. The maximum absolute atomic E-state index is 14.7. The number of hydrogen-bond donors (Lipinski definition) is 0. The Hall–Kier alpha value is -2.31. The Morgan fingerprint density at radius 2 is 2.00 bits per heavy atom. The molecule has 0 atom stereocenters. The number of hydrogen-bond acceptors (Lipinski definition) is 5. The van der Waals surface area contributed by atoms with Crippen molar-refractivity contribution in [1.82, 2.24) is 15.0 Å². The van der Waals surface area contributed by atoms with Crippen LogP contribution in [0, 0.1) is 5.82 Å². The number of anilines is 1. The first-order valence-corrected chi connectivity index (χ1v) is 8.00. The second kappa shape index (κ2) is 6.30. The molecule has 7 heteroatoms. The lowest BCUT2D eigenvalue weighted by Gasteiger charge is -2.28. The standard InChI is InChI=1S/C17H14ClFN4O/c18-17-21-15-9-12(11-2-1-3-20-10-11)14(19)8-13(15)16(22-17)23-4-6-24-7-5-23/h1-3,8-10H,4-7H2. The molecular formula is C17H14ClFN4O. The van der Waals surface area contributed by atoms with Crippen molar-refractivity contribution in [2.24, 2.45) is 0 Å². The minimum atomic E-state index is -0.337. The van der Waals surface area contributed by atoms with Crippen LogP contribution in [-0.2, 0) is 4.74 Å². The number of morpholine rings is 1. The van der Waals surface area contributed by atoms with Gasteiger partial charge in [-0.1, -0.05) is 6.07 Å². The molecule has 0 saturated carbocycles. The highest BCUT2D eigenvalue weighted by Crippen LogP contribution is 2.32. The molecule has 0 amide bonds. The summed E-state index contributed by atoms with van der Waals surface area (Å²) in [6.07, 6.45) is 3.27. The Morgan fingerprint density at radius 1 is 1.17 bits per heavy atom. The number of nitrogens with zero attached hydrogens (tertiary/aromatic N) is 4. The van der Waals surface area contributed by atoms with Crippen molar-refractivity contribution < 1.29 is 9.13 Å². The fraction of sp³-hybridized carbons (Fsp3) is 0.235. The van der Waals surface area contributed by atoms with Crippen LogP contribution in [0.3, 0.4) is 0 Å². The van der Waals surface area contributed by atoms with Gasteiger partial charge >= 0.3 is 0 Å². The van der Waals surface area contributed by atoms with Gasteiger partial charge in [0.15, 0.2) is 0 Å². The second-order valence-corrected chi connectivity index (χ2v) is 5.84. The van der Waals surface area contributed by atoms with Crippen molar-refractivity contribution in [3.05, 3.63) is 47.8 Å². The molecule has 3 aromatic rings. The van der Waals surface area contributed by atoms with Crippen LogP contribution in [-0.4, -0.2) is 41.3 Å². The monoisotopic (exact) mass is 344 g/mol. The molecule has 1 aliphatic rings. The maximum atomic E-state index is 14.7. The third kappa shape index (κ3) is 2.79. The molecule has 1 fully saturated rings. The third-order valence-electron chi connectivity index (χ3n) is 4.02. The minimum absolute atomic E-state index is 0.146. The normalized spacial score (nSPS) is 15.0. The van der Waals surface area contributed by atoms with E-state index in [4.69, 9.17) is 16.3 Å². The van der Waals surface area contributed by atoms with Crippen LogP contribution in [0.5, 0.6) is 0 Å². The Bertz CT molecular complexity index is 885. The van der Waals surface area contributed by atoms with Crippen molar-refractivity contribution in [2.75, 3.05) is 31.2 Å². The van der Waals surface area contributed by atoms with E-state index in [9.17, 15) is 4.39 Å². The van der Waals surface area contributed by atoms with Gasteiger partial charge in [0.05, 0.1) is 18.7 Å². The van der Waals surface area contributed by atoms with Gasteiger partial charge < -0.3 is 9.64 Å². The highest BCUT2D eigenvalue weighted by molar-refractivity contribution is 6.28. The van der Waals surface area contributed by atoms with E-state index in [-0.39, 0.29) is 11.1 Å². The van der Waals surface area contributed by atoms with Crippen LogP contribution in [0.4, 0.5) is 10.2 Å². The molecule has 0 bridgehead atoms. The van der Waals surface area contributed by atoms with E-state index in [0.29, 0.717) is 54.2 Å². The summed E-state index contributed by atoms with van der Waals surface area (Å²) < 4.78 is 20.1. The van der Waals surface area contributed by atoms with Crippen LogP contribution in [0.2, 0.25) is 5.28 Å². The van der Waals surface area contributed by atoms with Crippen molar-refractivity contribution in [3.8, 4) is 11.1 Å². The Kier molecular flexibility index (Phi) is 4.00. The van der Waals surface area contributed by atoms with Gasteiger partial charge in [-0.25, -0.2) is 9.37 Å². The molecule has 3 heterocycles. The summed E-state index contributed by atoms with van der Waals surface area (Å²) in [4.78, 5) is 14.7. The molecule has 2 aromatic heterocycles. The zero-order chi connectivity index (χ0) is 16.5. The van der Waals surface area contributed by atoms with E-state index < -0.39 is 0 Å². The molecule has 1 aromatic carbocycles. The minimum Gasteiger partial charge on any atom is -0.378 e. The molecule has 0 unspecified atom stereocenters. The van der Waals surface area contributed by atoms with Crippen LogP contribution < -0.4 is 4.90 Å². The fourth-order valence-corrected chi connectivity index (χ4v) is 3.04. The molecule has 0 N–H and O–H groups in total. The predicted octanol–water partition coefficient (Wildman–Crippen LogP) is 3.32. The van der Waals surface area contributed by atoms with Crippen LogP contribution >= 0.6 is 11.6 Å². The van der Waals surface area contributed by atoms with Crippen molar-refractivity contribution in [2.45, 2.75) is 0 Å². The maximum Gasteiger partial charge on any atom is 0.224 e. The second-order valence-electron chi connectivity index (χ2n) is 5.51. The number of pyridine rings is 1. The first-order valence-electron chi connectivity index (χ1n) is 7.62. The van der Waals surface area contributed by atoms with E-state index in [1.807, 2.05) is 11.0 Å². The van der Waals surface area contributed by atoms with E-state index >= 15 is 0 Å². The number of rotatable bonds is 2. The van der Waals surface area contributed by atoms with E-state index in [2.05, 4.69) is 15.0 Å². The quantitative estimate of drug-likeness (QED) is 0.667. The zero-order valence-corrected chi connectivity index (χ0v) is 13.5. The van der Waals surface area contributed by atoms with Gasteiger partial charge in [-0.05, 0) is 29.8 Å². The number of aromatic nitrogens is 3. The summed E-state index contributed by atoms with van der Waals surface area (Å²) in [5, 5.41) is 0.791. The van der Waals surface area contributed by atoms with Crippen molar-refractivity contribution >= 4 is 28.3 Å². The molecule has 5 nitrogen and oxygen atoms in total. The van der Waals surface area contributed by atoms with Gasteiger partial charge in [-0.15, -0.1) is 0 Å². The van der Waals surface area contributed by atoms with Gasteiger partial charge in [-0.2, -0.15) is 4.98 Å². The molecule has 0 aliphatic carbocycles. The molecule has 0 spiro atoms. The van der Waals surface area contributed by atoms with Crippen LogP contribution in [0.25, 0.3) is 22.0 Å². The predicted molar refractivity (Wildman–Crippen MR) is 90.8 cm³/mol. The summed E-state index contributed by atoms with van der Waals surface area (Å²) >= 11 is 6.09. The fourth-order valence-electron chi connectivity index (χ4n) is 2.86. The molecule has 1 saturated heterocycles. The highest BCUT2D eigenvalue weighted by atomic mass is 35.5. The largest absolute Gasteiger partial charge is 0.378 e. The Balaban J connectivity index is 1.89. The summed E-state index contributed by atoms with van der Waals surface area (Å²) in [5.41, 5.74) is 1.74. The first kappa shape index (κ1) is 15.2. The lowest BCUT2D eigenvalue weighted by Crippen LogP contribution is -2.37. The lowest BCUT2D eigenvalue weighted by molar-refractivity contribution is 0.122. The third-order valence-corrected chi connectivity index (χ3v) is 4.19. The Morgan fingerprint density at radius 3 is 2.75 bits per heavy atom. The summed E-state index contributed by atoms with van der Waals surface area (Å²) in [5.74, 6) is 0.306. The number of ether oxygens (including phenoxy) is 1. The van der Waals surface area contributed by atoms with Crippen molar-refractivity contribution in [1.29, 1.82) is 0 Å². The summed E-state index contributed by atoms with van der Waals surface area (Å²) in [7, 11) is 0. The van der Waals surface area contributed by atoms with Crippen LogP contribution in [0.1, 0.15) is 0 Å². The topological polar surface area (TPSA) is 51.1 Å². The molecule has 122 valence electrons. The van der Waals surface area contributed by atoms with Gasteiger partial charge in [0.1, 0.15) is 11.6 Å². The lowest BCUT2D eigenvalue weighted by atomic mass is 10.0. The summed E-state index contributed by atoms with van der Waals surface area (Å²) in [6.45, 7) is 2.60. The van der Waals surface area contributed by atoms with Gasteiger partial charge in [-0.3, -0.25) is 4.98 Å². The van der Waals surface area contributed by atoms with E-state index in [1.54, 1.807) is 24.5 Å². The molecule has 4 rings (SSSR count). The zero-order valence-electron chi connectivity index (χ0n) is 12.7. The molecule has 1 aliphatic heterocycles. The SMILES string of the molecule is Fc1cc2c(N3CCOCC3)nc(Cl)nc2cc1-c1cccnc1. The van der Waals surface area contributed by atoms with Crippen LogP contribution in [0.15, 0.2) is 36.7 Å². The molecule has 0 radical (unpaired) electrons. The molecular weight excluding hydrogens is 331 g/mol. The number of fused-ring (bicyclic) bond motifs is 1. The van der Waals surface area contributed by atoms with Gasteiger partial charge in [0.25, 0.3) is 0 Å². The van der Waals surface area contributed by atoms with Crippen molar-refractivity contribution in [3.63, 3.8) is 0 Å². The van der Waals surface area contributed by atoms with Gasteiger partial charge in [0, 0.05) is 42.0 Å².